The highest BCUT2D eigenvalue weighted by Gasteiger charge is 2.30. The molecular formula is C79H142O17P2. The monoisotopic (exact) mass is 1420 g/mol. The molecular weight excluding hydrogens is 1280 g/mol. The molecule has 0 aliphatic carbocycles. The van der Waals surface area contributed by atoms with Crippen LogP contribution in [0.2, 0.25) is 0 Å². The van der Waals surface area contributed by atoms with Gasteiger partial charge in [-0.3, -0.25) is 37.3 Å². The van der Waals surface area contributed by atoms with Crippen molar-refractivity contribution >= 4 is 39.5 Å². The normalized spacial score (nSPS) is 14.3. The van der Waals surface area contributed by atoms with Gasteiger partial charge in [0.25, 0.3) is 0 Å². The molecule has 0 aromatic heterocycles. The second-order valence-corrected chi connectivity index (χ2v) is 29.2. The van der Waals surface area contributed by atoms with E-state index in [9.17, 15) is 43.2 Å². The van der Waals surface area contributed by atoms with Crippen LogP contribution in [-0.4, -0.2) is 96.7 Å². The van der Waals surface area contributed by atoms with Crippen molar-refractivity contribution in [3.05, 3.63) is 72.9 Å². The van der Waals surface area contributed by atoms with Gasteiger partial charge < -0.3 is 33.8 Å². The summed E-state index contributed by atoms with van der Waals surface area (Å²) in [5.41, 5.74) is 0. The largest absolute Gasteiger partial charge is 0.472 e. The second-order valence-electron chi connectivity index (χ2n) is 26.3. The van der Waals surface area contributed by atoms with Crippen LogP contribution in [0.25, 0.3) is 0 Å². The number of carbonyl (C=O) groups excluding carboxylic acids is 4. The highest BCUT2D eigenvalue weighted by molar-refractivity contribution is 7.47. The highest BCUT2D eigenvalue weighted by Crippen LogP contribution is 2.45. The van der Waals surface area contributed by atoms with E-state index in [1.165, 1.54) is 109 Å². The average Bonchev–Trinajstić information content (AvgIpc) is 0.983. The molecule has 5 atom stereocenters. The summed E-state index contributed by atoms with van der Waals surface area (Å²) in [4.78, 5) is 72.8. The van der Waals surface area contributed by atoms with Crippen LogP contribution in [0.1, 0.15) is 349 Å². The first-order valence-electron chi connectivity index (χ1n) is 39.2. The molecule has 0 bridgehead atoms. The molecule has 0 aromatic carbocycles. The van der Waals surface area contributed by atoms with Crippen molar-refractivity contribution in [2.24, 2.45) is 0 Å². The van der Waals surface area contributed by atoms with Crippen LogP contribution in [0.4, 0.5) is 0 Å². The van der Waals surface area contributed by atoms with Crippen LogP contribution in [-0.2, 0) is 65.4 Å². The zero-order chi connectivity index (χ0) is 71.8. The van der Waals surface area contributed by atoms with Crippen LogP contribution in [0, 0.1) is 0 Å². The van der Waals surface area contributed by atoms with E-state index in [4.69, 9.17) is 37.0 Å². The van der Waals surface area contributed by atoms with Gasteiger partial charge >= 0.3 is 39.5 Å². The summed E-state index contributed by atoms with van der Waals surface area (Å²) in [5.74, 6) is -2.18. The number of aliphatic hydroxyl groups excluding tert-OH is 1. The minimum Gasteiger partial charge on any atom is -0.462 e. The maximum atomic E-state index is 13.1. The molecule has 5 unspecified atom stereocenters. The van der Waals surface area contributed by atoms with Crippen molar-refractivity contribution in [3.8, 4) is 0 Å². The summed E-state index contributed by atoms with van der Waals surface area (Å²) in [5, 5.41) is 10.6. The van der Waals surface area contributed by atoms with Crippen molar-refractivity contribution < 1.29 is 80.2 Å². The van der Waals surface area contributed by atoms with E-state index in [1.807, 2.05) is 0 Å². The summed E-state index contributed by atoms with van der Waals surface area (Å²) >= 11 is 0. The summed E-state index contributed by atoms with van der Waals surface area (Å²) in [7, 11) is -9.94. The van der Waals surface area contributed by atoms with Gasteiger partial charge in [0.15, 0.2) is 12.2 Å². The number of hydrogen-bond donors (Lipinski definition) is 3. The van der Waals surface area contributed by atoms with Crippen molar-refractivity contribution in [1.29, 1.82) is 0 Å². The molecule has 570 valence electrons. The number of rotatable bonds is 74. The Morgan fingerprint density at radius 1 is 0.296 bits per heavy atom. The molecule has 98 heavy (non-hydrogen) atoms. The molecule has 0 saturated heterocycles. The maximum Gasteiger partial charge on any atom is 0.472 e. The Labute approximate surface area is 596 Å². The average molecular weight is 1430 g/mol. The molecule has 0 radical (unpaired) electrons. The molecule has 0 aliphatic rings. The van der Waals surface area contributed by atoms with Crippen molar-refractivity contribution in [1.82, 2.24) is 0 Å². The molecule has 0 heterocycles. The van der Waals surface area contributed by atoms with E-state index >= 15 is 0 Å². The lowest BCUT2D eigenvalue weighted by molar-refractivity contribution is -0.161. The van der Waals surface area contributed by atoms with E-state index < -0.39 is 97.5 Å². The lowest BCUT2D eigenvalue weighted by atomic mass is 10.0. The summed E-state index contributed by atoms with van der Waals surface area (Å²) < 4.78 is 68.5. The summed E-state index contributed by atoms with van der Waals surface area (Å²) in [6.07, 6.45) is 71.7. The lowest BCUT2D eigenvalue weighted by Crippen LogP contribution is -2.30. The molecule has 0 aromatic rings. The SMILES string of the molecule is CC/C=C\C/C=C\C/C=C\CCCCCCCC(=O)OCC(COP(=O)(O)OCC(O)COP(=O)(O)OCC(COC(=O)CCCCCCCC/C=C\C/C=C\C/C=C\CCCCC)OC(=O)CCCCCCCCCCCCC)OC(=O)CCCCCCCCCCCCCCC. The van der Waals surface area contributed by atoms with E-state index in [0.29, 0.717) is 25.7 Å². The third-order valence-corrected chi connectivity index (χ3v) is 18.6. The Bertz CT molecular complexity index is 2140. The van der Waals surface area contributed by atoms with Crippen LogP contribution in [0.5, 0.6) is 0 Å². The molecule has 17 nitrogen and oxygen atoms in total. The Morgan fingerprint density at radius 2 is 0.531 bits per heavy atom. The van der Waals surface area contributed by atoms with Gasteiger partial charge in [-0.1, -0.05) is 300 Å². The fourth-order valence-electron chi connectivity index (χ4n) is 10.7. The Hall–Kier alpha value is -3.50. The van der Waals surface area contributed by atoms with Gasteiger partial charge in [-0.05, 0) is 96.3 Å². The first-order chi connectivity index (χ1) is 47.7. The van der Waals surface area contributed by atoms with Gasteiger partial charge in [-0.25, -0.2) is 9.13 Å². The zero-order valence-electron chi connectivity index (χ0n) is 62.2. The quantitative estimate of drug-likeness (QED) is 0.0169. The Balaban J connectivity index is 5.29. The maximum absolute atomic E-state index is 13.1. The van der Waals surface area contributed by atoms with Crippen LogP contribution in [0.15, 0.2) is 72.9 Å². The molecule has 0 aliphatic heterocycles. The molecule has 0 rings (SSSR count). The minimum atomic E-state index is -4.97. The predicted molar refractivity (Wildman–Crippen MR) is 400 cm³/mol. The van der Waals surface area contributed by atoms with Gasteiger partial charge in [0.2, 0.25) is 0 Å². The number of ether oxygens (including phenoxy) is 4. The van der Waals surface area contributed by atoms with E-state index in [2.05, 4.69) is 101 Å². The minimum absolute atomic E-state index is 0.0964. The number of aliphatic hydroxyl groups is 1. The van der Waals surface area contributed by atoms with Gasteiger partial charge in [0, 0.05) is 25.7 Å². The topological polar surface area (TPSA) is 237 Å². The fraction of sp³-hybridized carbons (Fsp3) is 0.797. The third kappa shape index (κ3) is 70.9. The molecule has 0 spiro atoms. The molecule has 0 fully saturated rings. The van der Waals surface area contributed by atoms with Crippen LogP contribution in [0.3, 0.4) is 0 Å². The van der Waals surface area contributed by atoms with E-state index in [0.717, 1.165) is 161 Å². The van der Waals surface area contributed by atoms with Crippen LogP contribution >= 0.6 is 15.6 Å². The highest BCUT2D eigenvalue weighted by atomic mass is 31.2. The van der Waals surface area contributed by atoms with Crippen molar-refractivity contribution in [2.75, 3.05) is 39.6 Å². The standard InChI is InChI=1S/C79H142O17P2/c1-5-9-13-17-21-25-29-32-34-35-36-37-39-42-45-48-52-56-60-64-77(82)89-69-74(95-78(83)65-61-57-53-49-43-28-24-20-16-12-8-4)71-93-97(85,86)91-67-73(80)68-92-98(87,88)94-72-75(96-79(84)66-62-58-54-50-46-40-31-27-23-19-15-11-7-3)70-90-76(81)63-59-55-51-47-44-41-38-33-30-26-22-18-14-10-6-2/h10,14,21-22,25-26,32-34,36-38,73-75,80H,5-9,11-13,15-20,23-24,27-31,35,39-72H2,1-4H3,(H,85,86)(H,87,88)/b14-10-,25-21-,26-22-,34-32-,37-36-,38-33-. The van der Waals surface area contributed by atoms with E-state index in [1.54, 1.807) is 0 Å². The Kier molecular flexibility index (Phi) is 69.3. The van der Waals surface area contributed by atoms with Gasteiger partial charge in [0.05, 0.1) is 26.4 Å². The second kappa shape index (κ2) is 71.9. The van der Waals surface area contributed by atoms with Gasteiger partial charge in [-0.15, -0.1) is 0 Å². The number of carbonyl (C=O) groups is 4. The number of unbranched alkanes of at least 4 members (excludes halogenated alkanes) is 36. The molecule has 0 amide bonds. The smallest absolute Gasteiger partial charge is 0.462 e. The predicted octanol–water partition coefficient (Wildman–Crippen LogP) is 22.4. The number of phosphoric ester groups is 2. The van der Waals surface area contributed by atoms with Crippen LogP contribution < -0.4 is 0 Å². The van der Waals surface area contributed by atoms with Crippen molar-refractivity contribution in [3.63, 3.8) is 0 Å². The third-order valence-electron chi connectivity index (χ3n) is 16.7. The number of esters is 4. The summed E-state index contributed by atoms with van der Waals surface area (Å²) in [6, 6.07) is 0. The fourth-order valence-corrected chi connectivity index (χ4v) is 12.3. The number of hydrogen-bond acceptors (Lipinski definition) is 15. The number of allylic oxidation sites excluding steroid dienone is 12. The zero-order valence-corrected chi connectivity index (χ0v) is 64.0. The first kappa shape index (κ1) is 94.5. The first-order valence-corrected chi connectivity index (χ1v) is 42.2. The van der Waals surface area contributed by atoms with Crippen molar-refractivity contribution in [2.45, 2.75) is 367 Å². The van der Waals surface area contributed by atoms with E-state index in [-0.39, 0.29) is 25.7 Å². The molecule has 3 N–H and O–H groups in total. The lowest BCUT2D eigenvalue weighted by Gasteiger charge is -2.21. The Morgan fingerprint density at radius 3 is 0.837 bits per heavy atom. The number of phosphoric acid groups is 2. The molecule has 19 heteroatoms. The summed E-state index contributed by atoms with van der Waals surface area (Å²) in [6.45, 7) is 4.75. The van der Waals surface area contributed by atoms with Gasteiger partial charge in [-0.2, -0.15) is 0 Å². The molecule has 0 saturated carbocycles. The van der Waals surface area contributed by atoms with Gasteiger partial charge in [0.1, 0.15) is 19.3 Å².